The molecule has 0 aliphatic rings. The monoisotopic (exact) mass is 250 g/mol. The lowest BCUT2D eigenvalue weighted by molar-refractivity contribution is -0.157. The standard InChI is InChI=1S/C7H13F3N2O2.ClH/c1-12-5(7(8,9)10)3-2-4(11)6(13)14;/h4-5,12H,2-3,11H2,1H3,(H,13,14);1H/t4-,5-;/m0./s1. The van der Waals surface area contributed by atoms with Crippen molar-refractivity contribution < 1.29 is 23.1 Å². The van der Waals surface area contributed by atoms with Gasteiger partial charge in [-0.25, -0.2) is 0 Å². The first kappa shape index (κ1) is 16.9. The third kappa shape index (κ3) is 6.53. The zero-order valence-electron chi connectivity index (χ0n) is 8.04. The van der Waals surface area contributed by atoms with E-state index < -0.39 is 24.2 Å². The van der Waals surface area contributed by atoms with Crippen LogP contribution in [0.2, 0.25) is 0 Å². The highest BCUT2D eigenvalue weighted by Crippen LogP contribution is 2.23. The van der Waals surface area contributed by atoms with Crippen molar-refractivity contribution in [3.8, 4) is 0 Å². The Morgan fingerprint density at radius 2 is 1.93 bits per heavy atom. The Balaban J connectivity index is 0. The fraction of sp³-hybridized carbons (Fsp3) is 0.857. The van der Waals surface area contributed by atoms with Gasteiger partial charge in [-0.05, 0) is 19.9 Å². The van der Waals surface area contributed by atoms with Crippen LogP contribution in [0.4, 0.5) is 13.2 Å². The molecule has 0 amide bonds. The number of hydrogen-bond donors (Lipinski definition) is 3. The summed E-state index contributed by atoms with van der Waals surface area (Å²) in [4.78, 5) is 10.2. The van der Waals surface area contributed by atoms with Gasteiger partial charge < -0.3 is 16.2 Å². The Morgan fingerprint density at radius 3 is 2.20 bits per heavy atom. The van der Waals surface area contributed by atoms with Crippen LogP contribution in [0.1, 0.15) is 12.8 Å². The van der Waals surface area contributed by atoms with Crippen molar-refractivity contribution in [2.24, 2.45) is 5.73 Å². The fourth-order valence-electron chi connectivity index (χ4n) is 0.941. The molecule has 0 aromatic carbocycles. The van der Waals surface area contributed by atoms with E-state index in [-0.39, 0.29) is 25.2 Å². The van der Waals surface area contributed by atoms with Crippen molar-refractivity contribution >= 4 is 18.4 Å². The molecule has 4 nitrogen and oxygen atoms in total. The molecule has 0 bridgehead atoms. The van der Waals surface area contributed by atoms with Crippen LogP contribution < -0.4 is 11.1 Å². The minimum absolute atomic E-state index is 0. The lowest BCUT2D eigenvalue weighted by atomic mass is 10.1. The molecule has 8 heteroatoms. The average molecular weight is 251 g/mol. The number of hydrogen-bond acceptors (Lipinski definition) is 3. The van der Waals surface area contributed by atoms with Crippen LogP contribution in [0.25, 0.3) is 0 Å². The van der Waals surface area contributed by atoms with Crippen LogP contribution in [0.3, 0.4) is 0 Å². The van der Waals surface area contributed by atoms with E-state index >= 15 is 0 Å². The minimum atomic E-state index is -4.37. The van der Waals surface area contributed by atoms with Crippen molar-refractivity contribution in [2.45, 2.75) is 31.1 Å². The van der Waals surface area contributed by atoms with Gasteiger partial charge in [0, 0.05) is 0 Å². The van der Waals surface area contributed by atoms with Gasteiger partial charge in [-0.2, -0.15) is 13.2 Å². The first-order valence-electron chi connectivity index (χ1n) is 4.01. The van der Waals surface area contributed by atoms with Gasteiger partial charge in [-0.3, -0.25) is 4.79 Å². The van der Waals surface area contributed by atoms with E-state index in [9.17, 15) is 18.0 Å². The molecule has 0 spiro atoms. The number of carboxylic acids is 1. The Kier molecular flexibility index (Phi) is 7.72. The molecule has 0 fully saturated rings. The highest BCUT2D eigenvalue weighted by atomic mass is 35.5. The lowest BCUT2D eigenvalue weighted by Crippen LogP contribution is -2.42. The molecule has 2 atom stereocenters. The molecule has 0 aromatic rings. The van der Waals surface area contributed by atoms with Crippen LogP contribution in [-0.2, 0) is 4.79 Å². The Labute approximate surface area is 91.4 Å². The minimum Gasteiger partial charge on any atom is -0.480 e. The van der Waals surface area contributed by atoms with Crippen molar-refractivity contribution in [2.75, 3.05) is 7.05 Å². The van der Waals surface area contributed by atoms with E-state index in [0.717, 1.165) is 0 Å². The summed E-state index contributed by atoms with van der Waals surface area (Å²) < 4.78 is 36.4. The number of nitrogens with two attached hydrogens (primary N) is 1. The van der Waals surface area contributed by atoms with Gasteiger partial charge in [0.15, 0.2) is 0 Å². The number of alkyl halides is 3. The van der Waals surface area contributed by atoms with Crippen LogP contribution in [0.5, 0.6) is 0 Å². The highest BCUT2D eigenvalue weighted by molar-refractivity contribution is 5.85. The summed E-state index contributed by atoms with van der Waals surface area (Å²) in [7, 11) is 1.17. The molecular weight excluding hydrogens is 237 g/mol. The maximum absolute atomic E-state index is 12.1. The normalized spacial score (nSPS) is 15.3. The predicted molar refractivity (Wildman–Crippen MR) is 51.0 cm³/mol. The Bertz CT molecular complexity index is 201. The number of aliphatic carboxylic acids is 1. The third-order valence-electron chi connectivity index (χ3n) is 1.83. The van der Waals surface area contributed by atoms with E-state index in [0.29, 0.717) is 0 Å². The van der Waals surface area contributed by atoms with E-state index in [1.165, 1.54) is 7.05 Å². The first-order chi connectivity index (χ1) is 6.29. The number of carbonyl (C=O) groups is 1. The number of rotatable bonds is 5. The molecule has 0 heterocycles. The molecule has 0 rings (SSSR count). The third-order valence-corrected chi connectivity index (χ3v) is 1.83. The maximum atomic E-state index is 12.1. The van der Waals surface area contributed by atoms with Crippen LogP contribution in [0, 0.1) is 0 Å². The average Bonchev–Trinajstić information content (AvgIpc) is 2.02. The van der Waals surface area contributed by atoms with Gasteiger partial charge in [0.05, 0.1) is 0 Å². The van der Waals surface area contributed by atoms with Crippen molar-refractivity contribution in [1.29, 1.82) is 0 Å². The molecule has 0 aliphatic carbocycles. The van der Waals surface area contributed by atoms with Gasteiger partial charge >= 0.3 is 12.1 Å². The summed E-state index contributed by atoms with van der Waals surface area (Å²) in [6, 6.07) is -2.94. The molecule has 0 radical (unpaired) electrons. The van der Waals surface area contributed by atoms with Gasteiger partial charge in [0.25, 0.3) is 0 Å². The zero-order valence-corrected chi connectivity index (χ0v) is 8.86. The summed E-state index contributed by atoms with van der Waals surface area (Å²) in [5.41, 5.74) is 5.07. The summed E-state index contributed by atoms with van der Waals surface area (Å²) in [5.74, 6) is -1.29. The van der Waals surface area contributed by atoms with E-state index in [1.807, 2.05) is 0 Å². The van der Waals surface area contributed by atoms with Crippen molar-refractivity contribution in [1.82, 2.24) is 5.32 Å². The fourth-order valence-corrected chi connectivity index (χ4v) is 0.941. The second kappa shape index (κ2) is 6.86. The molecular formula is C7H14ClF3N2O2. The van der Waals surface area contributed by atoms with Crippen LogP contribution >= 0.6 is 12.4 Å². The molecule has 0 unspecified atom stereocenters. The SMILES string of the molecule is CN[C@@H](CC[C@H](N)C(=O)O)C(F)(F)F.Cl. The molecule has 4 N–H and O–H groups in total. The summed E-state index contributed by atoms with van der Waals surface area (Å²) in [6.07, 6.45) is -4.92. The van der Waals surface area contributed by atoms with E-state index in [1.54, 1.807) is 0 Å². The predicted octanol–water partition coefficient (Wildman–Crippen LogP) is 0.751. The molecule has 15 heavy (non-hydrogen) atoms. The molecule has 0 saturated heterocycles. The Hall–Kier alpha value is -0.530. The van der Waals surface area contributed by atoms with Gasteiger partial charge in [0.1, 0.15) is 12.1 Å². The summed E-state index contributed by atoms with van der Waals surface area (Å²) >= 11 is 0. The zero-order chi connectivity index (χ0) is 11.4. The van der Waals surface area contributed by atoms with E-state index in [2.05, 4.69) is 5.32 Å². The molecule has 92 valence electrons. The lowest BCUT2D eigenvalue weighted by Gasteiger charge is -2.20. The molecule has 0 aliphatic heterocycles. The number of halogens is 4. The second-order valence-electron chi connectivity index (χ2n) is 2.90. The highest BCUT2D eigenvalue weighted by Gasteiger charge is 2.38. The van der Waals surface area contributed by atoms with Crippen LogP contribution in [0.15, 0.2) is 0 Å². The largest absolute Gasteiger partial charge is 0.480 e. The van der Waals surface area contributed by atoms with Crippen LogP contribution in [-0.4, -0.2) is 36.4 Å². The van der Waals surface area contributed by atoms with Crippen molar-refractivity contribution in [3.05, 3.63) is 0 Å². The van der Waals surface area contributed by atoms with Gasteiger partial charge in [-0.1, -0.05) is 0 Å². The number of nitrogens with one attached hydrogen (secondary N) is 1. The molecule has 0 aromatic heterocycles. The maximum Gasteiger partial charge on any atom is 0.403 e. The first-order valence-corrected chi connectivity index (χ1v) is 4.01. The quantitative estimate of drug-likeness (QED) is 0.673. The van der Waals surface area contributed by atoms with Crippen molar-refractivity contribution in [3.63, 3.8) is 0 Å². The topological polar surface area (TPSA) is 75.3 Å². The number of carboxylic acid groups (broad SMARTS) is 1. The van der Waals surface area contributed by atoms with E-state index in [4.69, 9.17) is 10.8 Å². The second-order valence-corrected chi connectivity index (χ2v) is 2.90. The van der Waals surface area contributed by atoms with Gasteiger partial charge in [0.2, 0.25) is 0 Å². The molecule has 0 saturated carbocycles. The summed E-state index contributed by atoms with van der Waals surface area (Å²) in [6.45, 7) is 0. The van der Waals surface area contributed by atoms with Gasteiger partial charge in [-0.15, -0.1) is 12.4 Å². The summed E-state index contributed by atoms with van der Waals surface area (Å²) in [5, 5.41) is 10.4. The smallest absolute Gasteiger partial charge is 0.403 e. The Morgan fingerprint density at radius 1 is 1.47 bits per heavy atom.